The lowest BCUT2D eigenvalue weighted by Gasteiger charge is -2.14. The van der Waals surface area contributed by atoms with E-state index in [9.17, 15) is 0 Å². The van der Waals surface area contributed by atoms with E-state index in [1.165, 1.54) is 21.6 Å². The van der Waals surface area contributed by atoms with Crippen LogP contribution in [0.15, 0.2) is 28.1 Å². The Balaban J connectivity index is 2.04. The van der Waals surface area contributed by atoms with Crippen molar-refractivity contribution < 1.29 is 4.74 Å². The summed E-state index contributed by atoms with van der Waals surface area (Å²) in [5.41, 5.74) is 3.73. The van der Waals surface area contributed by atoms with Gasteiger partial charge in [0.1, 0.15) is 12.4 Å². The summed E-state index contributed by atoms with van der Waals surface area (Å²) in [6, 6.07) is 6.49. The lowest BCUT2D eigenvalue weighted by atomic mass is 10.1. The van der Waals surface area contributed by atoms with Gasteiger partial charge in [-0.1, -0.05) is 19.1 Å². The van der Waals surface area contributed by atoms with E-state index in [0.29, 0.717) is 6.61 Å². The van der Waals surface area contributed by atoms with Crippen molar-refractivity contribution in [1.29, 1.82) is 0 Å². The molecule has 0 saturated heterocycles. The van der Waals surface area contributed by atoms with Crippen LogP contribution >= 0.6 is 27.3 Å². The predicted octanol–water partition coefficient (Wildman–Crippen LogP) is 5.21. The molecular formula is C17H22BrNOS. The molecular weight excluding hydrogens is 346 g/mol. The molecule has 4 heteroatoms. The second-order valence-electron chi connectivity index (χ2n) is 5.22. The SMILES string of the molecule is CCCNCc1cc(C)c(OCc2sccc2Br)c(C)c1. The Kier molecular flexibility index (Phi) is 6.27. The zero-order chi connectivity index (χ0) is 15.2. The summed E-state index contributed by atoms with van der Waals surface area (Å²) >= 11 is 5.26. The number of aryl methyl sites for hydroxylation is 2. The zero-order valence-electron chi connectivity index (χ0n) is 12.8. The highest BCUT2D eigenvalue weighted by Crippen LogP contribution is 2.28. The lowest BCUT2D eigenvalue weighted by Crippen LogP contribution is -2.14. The third kappa shape index (κ3) is 4.56. The zero-order valence-corrected chi connectivity index (χ0v) is 15.2. The van der Waals surface area contributed by atoms with Gasteiger partial charge in [0.15, 0.2) is 0 Å². The average Bonchev–Trinajstić information content (AvgIpc) is 2.84. The van der Waals surface area contributed by atoms with Gasteiger partial charge in [-0.2, -0.15) is 0 Å². The number of ether oxygens (including phenoxy) is 1. The Morgan fingerprint density at radius 2 is 1.95 bits per heavy atom. The van der Waals surface area contributed by atoms with Gasteiger partial charge in [0.2, 0.25) is 0 Å². The molecule has 0 saturated carbocycles. The summed E-state index contributed by atoms with van der Waals surface area (Å²) in [4.78, 5) is 1.22. The maximum atomic E-state index is 6.03. The van der Waals surface area contributed by atoms with E-state index in [2.05, 4.69) is 65.6 Å². The summed E-state index contributed by atoms with van der Waals surface area (Å²) in [6.07, 6.45) is 1.16. The van der Waals surface area contributed by atoms with Crippen molar-refractivity contribution in [2.45, 2.75) is 40.3 Å². The van der Waals surface area contributed by atoms with Crippen LogP contribution in [-0.4, -0.2) is 6.54 Å². The third-order valence-electron chi connectivity index (χ3n) is 3.31. The topological polar surface area (TPSA) is 21.3 Å². The van der Waals surface area contributed by atoms with E-state index in [1.807, 2.05) is 0 Å². The number of benzene rings is 1. The minimum absolute atomic E-state index is 0.618. The first kappa shape index (κ1) is 16.5. The van der Waals surface area contributed by atoms with Crippen molar-refractivity contribution in [2.24, 2.45) is 0 Å². The molecule has 1 N–H and O–H groups in total. The molecule has 0 fully saturated rings. The second-order valence-corrected chi connectivity index (χ2v) is 7.07. The average molecular weight is 368 g/mol. The summed E-state index contributed by atoms with van der Waals surface area (Å²) in [5, 5.41) is 5.52. The van der Waals surface area contributed by atoms with Gasteiger partial charge in [0.25, 0.3) is 0 Å². The van der Waals surface area contributed by atoms with E-state index in [-0.39, 0.29) is 0 Å². The molecule has 0 bridgehead atoms. The van der Waals surface area contributed by atoms with Crippen LogP contribution in [0.25, 0.3) is 0 Å². The Bertz CT molecular complexity index is 571. The van der Waals surface area contributed by atoms with Crippen molar-refractivity contribution in [3.63, 3.8) is 0 Å². The van der Waals surface area contributed by atoms with Crippen LogP contribution in [0.5, 0.6) is 5.75 Å². The first-order valence-electron chi connectivity index (χ1n) is 7.27. The van der Waals surface area contributed by atoms with E-state index in [1.54, 1.807) is 11.3 Å². The van der Waals surface area contributed by atoms with Crippen LogP contribution in [-0.2, 0) is 13.2 Å². The lowest BCUT2D eigenvalue weighted by molar-refractivity contribution is 0.304. The number of nitrogens with one attached hydrogen (secondary N) is 1. The van der Waals surface area contributed by atoms with Crippen LogP contribution < -0.4 is 10.1 Å². The van der Waals surface area contributed by atoms with Gasteiger partial charge in [0, 0.05) is 11.0 Å². The first-order valence-corrected chi connectivity index (χ1v) is 8.94. The van der Waals surface area contributed by atoms with Gasteiger partial charge in [-0.05, 0) is 70.9 Å². The highest BCUT2D eigenvalue weighted by Gasteiger charge is 2.08. The van der Waals surface area contributed by atoms with Gasteiger partial charge in [0.05, 0.1) is 4.88 Å². The molecule has 1 aromatic heterocycles. The molecule has 21 heavy (non-hydrogen) atoms. The Morgan fingerprint density at radius 3 is 2.52 bits per heavy atom. The van der Waals surface area contributed by atoms with Gasteiger partial charge in [-0.3, -0.25) is 0 Å². The van der Waals surface area contributed by atoms with Crippen molar-refractivity contribution >= 4 is 27.3 Å². The Labute approximate surface area is 139 Å². The molecule has 0 radical (unpaired) electrons. The molecule has 1 aromatic carbocycles. The fourth-order valence-corrected chi connectivity index (χ4v) is 3.72. The monoisotopic (exact) mass is 367 g/mol. The standard InChI is InChI=1S/C17H22BrNOS/c1-4-6-19-10-14-8-12(2)17(13(3)9-14)20-11-16-15(18)5-7-21-16/h5,7-9,19H,4,6,10-11H2,1-3H3. The predicted molar refractivity (Wildman–Crippen MR) is 94.3 cm³/mol. The van der Waals surface area contributed by atoms with Crippen LogP contribution in [0.3, 0.4) is 0 Å². The van der Waals surface area contributed by atoms with E-state index >= 15 is 0 Å². The van der Waals surface area contributed by atoms with Crippen LogP contribution in [0, 0.1) is 13.8 Å². The van der Waals surface area contributed by atoms with Crippen molar-refractivity contribution in [3.8, 4) is 5.75 Å². The number of hydrogen-bond acceptors (Lipinski definition) is 3. The Hall–Kier alpha value is -0.840. The minimum atomic E-state index is 0.618. The number of rotatable bonds is 7. The Morgan fingerprint density at radius 1 is 1.24 bits per heavy atom. The smallest absolute Gasteiger partial charge is 0.125 e. The van der Waals surface area contributed by atoms with E-state index in [0.717, 1.165) is 29.7 Å². The molecule has 1 heterocycles. The molecule has 0 aliphatic rings. The fraction of sp³-hybridized carbons (Fsp3) is 0.412. The van der Waals surface area contributed by atoms with Gasteiger partial charge >= 0.3 is 0 Å². The number of halogens is 1. The summed E-state index contributed by atoms with van der Waals surface area (Å²) < 4.78 is 7.16. The van der Waals surface area contributed by atoms with E-state index in [4.69, 9.17) is 4.74 Å². The van der Waals surface area contributed by atoms with Gasteiger partial charge in [-0.15, -0.1) is 11.3 Å². The number of hydrogen-bond donors (Lipinski definition) is 1. The maximum Gasteiger partial charge on any atom is 0.125 e. The van der Waals surface area contributed by atoms with Crippen LogP contribution in [0.2, 0.25) is 0 Å². The maximum absolute atomic E-state index is 6.03. The largest absolute Gasteiger partial charge is 0.487 e. The molecule has 0 aliphatic carbocycles. The molecule has 0 amide bonds. The summed E-state index contributed by atoms with van der Waals surface area (Å²) in [6.45, 7) is 9.02. The van der Waals surface area contributed by atoms with Crippen molar-refractivity contribution in [1.82, 2.24) is 5.32 Å². The quantitative estimate of drug-likeness (QED) is 0.678. The fourth-order valence-electron chi connectivity index (χ4n) is 2.34. The van der Waals surface area contributed by atoms with Crippen molar-refractivity contribution in [3.05, 3.63) is 49.6 Å². The normalized spacial score (nSPS) is 10.9. The molecule has 0 spiro atoms. The summed E-state index contributed by atoms with van der Waals surface area (Å²) in [7, 11) is 0. The number of thiophene rings is 1. The van der Waals surface area contributed by atoms with Crippen molar-refractivity contribution in [2.75, 3.05) is 6.54 Å². The van der Waals surface area contributed by atoms with Crippen LogP contribution in [0.1, 0.15) is 34.9 Å². The third-order valence-corrected chi connectivity index (χ3v) is 5.21. The van der Waals surface area contributed by atoms with Crippen LogP contribution in [0.4, 0.5) is 0 Å². The molecule has 2 aromatic rings. The molecule has 0 unspecified atom stereocenters. The highest BCUT2D eigenvalue weighted by molar-refractivity contribution is 9.10. The van der Waals surface area contributed by atoms with Gasteiger partial charge < -0.3 is 10.1 Å². The molecule has 0 atom stereocenters. The van der Waals surface area contributed by atoms with E-state index < -0.39 is 0 Å². The molecule has 2 rings (SSSR count). The van der Waals surface area contributed by atoms with Gasteiger partial charge in [-0.25, -0.2) is 0 Å². The minimum Gasteiger partial charge on any atom is -0.487 e. The first-order chi connectivity index (χ1) is 10.1. The molecule has 2 nitrogen and oxygen atoms in total. The molecule has 114 valence electrons. The highest BCUT2D eigenvalue weighted by atomic mass is 79.9. The second kappa shape index (κ2) is 7.97. The molecule has 0 aliphatic heterocycles. The summed E-state index contributed by atoms with van der Waals surface area (Å²) in [5.74, 6) is 1.01.